The average Bonchev–Trinajstić information content (AvgIpc) is 2.61. The van der Waals surface area contributed by atoms with Crippen molar-refractivity contribution in [3.8, 4) is 0 Å². The third kappa shape index (κ3) is 7.13. The highest BCUT2D eigenvalue weighted by Gasteiger charge is 2.09. The van der Waals surface area contributed by atoms with Crippen LogP contribution in [0, 0.1) is 0 Å². The van der Waals surface area contributed by atoms with Gasteiger partial charge in [-0.15, -0.1) is 0 Å². The Bertz CT molecular complexity index is 561. The zero-order valence-corrected chi connectivity index (χ0v) is 13.8. The van der Waals surface area contributed by atoms with Gasteiger partial charge in [0.1, 0.15) is 6.04 Å². The minimum Gasteiger partial charge on any atom is -0.480 e. The number of hydrogen-bond acceptors (Lipinski definition) is 4. The standard InChI is InChI=1S/C13H10O.C5H11NO2S/c14-13(11-7-3-1-4-8-11)12-9-5-2-6-10-12;1-9-3-2-4(6)5(7)8/h1-10H;4H,2-3,6H2,1H3,(H,7,8)/t;4-/m.0/s1. The fraction of sp³-hybridized carbons (Fsp3) is 0.222. The van der Waals surface area contributed by atoms with Gasteiger partial charge in [0.2, 0.25) is 0 Å². The maximum absolute atomic E-state index is 11.8. The van der Waals surface area contributed by atoms with Crippen molar-refractivity contribution in [1.29, 1.82) is 0 Å². The van der Waals surface area contributed by atoms with Crippen molar-refractivity contribution in [2.75, 3.05) is 12.0 Å². The molecule has 0 fully saturated rings. The Hall–Kier alpha value is -2.11. The molecule has 1 atom stereocenters. The first-order valence-corrected chi connectivity index (χ1v) is 8.57. The van der Waals surface area contributed by atoms with Gasteiger partial charge < -0.3 is 10.8 Å². The van der Waals surface area contributed by atoms with Crippen LogP contribution in [-0.4, -0.2) is 34.9 Å². The van der Waals surface area contributed by atoms with Gasteiger partial charge >= 0.3 is 5.97 Å². The molecule has 0 aliphatic heterocycles. The number of carboxylic acid groups (broad SMARTS) is 1. The highest BCUT2D eigenvalue weighted by atomic mass is 32.2. The zero-order chi connectivity index (χ0) is 17.1. The number of benzene rings is 2. The molecule has 0 radical (unpaired) electrons. The van der Waals surface area contributed by atoms with E-state index in [1.54, 1.807) is 11.8 Å². The third-order valence-corrected chi connectivity index (χ3v) is 3.67. The number of rotatable bonds is 6. The predicted octanol–water partition coefficient (Wildman–Crippen LogP) is 3.07. The van der Waals surface area contributed by atoms with Gasteiger partial charge in [-0.2, -0.15) is 11.8 Å². The van der Waals surface area contributed by atoms with E-state index >= 15 is 0 Å². The Kier molecular flexibility index (Phi) is 8.72. The Morgan fingerprint density at radius 1 is 1.00 bits per heavy atom. The first-order valence-electron chi connectivity index (χ1n) is 7.18. The summed E-state index contributed by atoms with van der Waals surface area (Å²) in [5.74, 6) is -0.0248. The normalized spacial score (nSPS) is 11.0. The molecular formula is C18H21NO3S. The molecule has 0 aliphatic carbocycles. The number of carboxylic acids is 1. The van der Waals surface area contributed by atoms with Crippen LogP contribution in [0.5, 0.6) is 0 Å². The topological polar surface area (TPSA) is 80.4 Å². The van der Waals surface area contributed by atoms with Crippen molar-refractivity contribution >= 4 is 23.5 Å². The van der Waals surface area contributed by atoms with Crippen molar-refractivity contribution in [1.82, 2.24) is 0 Å². The Labute approximate surface area is 140 Å². The van der Waals surface area contributed by atoms with Crippen LogP contribution in [0.15, 0.2) is 60.7 Å². The molecule has 0 spiro atoms. The van der Waals surface area contributed by atoms with E-state index in [0.717, 1.165) is 16.9 Å². The molecule has 0 aliphatic rings. The molecule has 0 heterocycles. The van der Waals surface area contributed by atoms with Gasteiger partial charge in [0.25, 0.3) is 0 Å². The van der Waals surface area contributed by atoms with Crippen LogP contribution < -0.4 is 5.73 Å². The maximum atomic E-state index is 11.8. The smallest absolute Gasteiger partial charge is 0.320 e. The van der Waals surface area contributed by atoms with Gasteiger partial charge in [-0.1, -0.05) is 60.7 Å². The van der Waals surface area contributed by atoms with Crippen LogP contribution >= 0.6 is 11.8 Å². The quantitative estimate of drug-likeness (QED) is 0.795. The summed E-state index contributed by atoms with van der Waals surface area (Å²) in [6, 6.07) is 17.9. The second-order valence-electron chi connectivity index (χ2n) is 4.79. The molecule has 122 valence electrons. The lowest BCUT2D eigenvalue weighted by Crippen LogP contribution is -2.30. The summed E-state index contributed by atoms with van der Waals surface area (Å²) in [7, 11) is 0. The largest absolute Gasteiger partial charge is 0.480 e. The maximum Gasteiger partial charge on any atom is 0.320 e. The lowest BCUT2D eigenvalue weighted by atomic mass is 10.0. The summed E-state index contributed by atoms with van der Waals surface area (Å²) >= 11 is 1.60. The van der Waals surface area contributed by atoms with E-state index in [9.17, 15) is 9.59 Å². The summed E-state index contributed by atoms with van der Waals surface area (Å²) in [4.78, 5) is 21.9. The molecular weight excluding hydrogens is 310 g/mol. The van der Waals surface area contributed by atoms with E-state index in [0.29, 0.717) is 6.42 Å². The minimum atomic E-state index is -0.913. The Balaban J connectivity index is 0.000000257. The van der Waals surface area contributed by atoms with Crippen LogP contribution in [0.1, 0.15) is 22.3 Å². The van der Waals surface area contributed by atoms with Crippen LogP contribution in [0.3, 0.4) is 0 Å². The highest BCUT2D eigenvalue weighted by Crippen LogP contribution is 2.08. The number of carbonyl (C=O) groups is 2. The van der Waals surface area contributed by atoms with Crippen LogP contribution in [0.2, 0.25) is 0 Å². The summed E-state index contributed by atoms with van der Waals surface area (Å²) < 4.78 is 0. The fourth-order valence-electron chi connectivity index (χ4n) is 1.71. The van der Waals surface area contributed by atoms with Gasteiger partial charge in [-0.25, -0.2) is 0 Å². The minimum absolute atomic E-state index is 0.0752. The molecule has 3 N–H and O–H groups in total. The molecule has 0 saturated heterocycles. The van der Waals surface area contributed by atoms with Gasteiger partial charge in [0, 0.05) is 11.1 Å². The molecule has 23 heavy (non-hydrogen) atoms. The van der Waals surface area contributed by atoms with Gasteiger partial charge in [0.15, 0.2) is 5.78 Å². The lowest BCUT2D eigenvalue weighted by Gasteiger charge is -2.02. The Morgan fingerprint density at radius 2 is 1.43 bits per heavy atom. The van der Waals surface area contributed by atoms with Crippen molar-refractivity contribution < 1.29 is 14.7 Å². The second-order valence-corrected chi connectivity index (χ2v) is 5.77. The molecule has 4 nitrogen and oxygen atoms in total. The summed E-state index contributed by atoms with van der Waals surface area (Å²) in [5.41, 5.74) is 6.66. The molecule has 2 aromatic carbocycles. The van der Waals surface area contributed by atoms with Gasteiger partial charge in [-0.05, 0) is 18.4 Å². The van der Waals surface area contributed by atoms with Crippen LogP contribution in [0.25, 0.3) is 0 Å². The van der Waals surface area contributed by atoms with Crippen molar-refractivity contribution in [3.05, 3.63) is 71.8 Å². The molecule has 0 aromatic heterocycles. The van der Waals surface area contributed by atoms with Gasteiger partial charge in [0.05, 0.1) is 0 Å². The van der Waals surface area contributed by atoms with Crippen molar-refractivity contribution in [3.63, 3.8) is 0 Å². The summed E-state index contributed by atoms with van der Waals surface area (Å²) in [6.07, 6.45) is 2.48. The number of nitrogens with two attached hydrogens (primary N) is 1. The van der Waals surface area contributed by atoms with E-state index in [1.807, 2.05) is 66.9 Å². The number of hydrogen-bond donors (Lipinski definition) is 2. The molecule has 0 saturated carbocycles. The molecule has 0 bridgehead atoms. The summed E-state index contributed by atoms with van der Waals surface area (Å²) in [5, 5.41) is 8.27. The Morgan fingerprint density at radius 3 is 1.78 bits per heavy atom. The lowest BCUT2D eigenvalue weighted by molar-refractivity contribution is -0.138. The first-order chi connectivity index (χ1) is 11.1. The number of aliphatic carboxylic acids is 1. The fourth-order valence-corrected chi connectivity index (χ4v) is 2.20. The van der Waals surface area contributed by atoms with E-state index < -0.39 is 12.0 Å². The number of carbonyl (C=O) groups excluding carboxylic acids is 1. The van der Waals surface area contributed by atoms with Crippen LogP contribution in [0.4, 0.5) is 0 Å². The average molecular weight is 331 g/mol. The molecule has 2 rings (SSSR count). The first kappa shape index (κ1) is 18.9. The second kappa shape index (κ2) is 10.6. The van der Waals surface area contributed by atoms with Crippen LogP contribution in [-0.2, 0) is 4.79 Å². The monoisotopic (exact) mass is 331 g/mol. The molecule has 0 unspecified atom stereocenters. The van der Waals surface area contributed by atoms with E-state index in [-0.39, 0.29) is 5.78 Å². The van der Waals surface area contributed by atoms with E-state index in [2.05, 4.69) is 0 Å². The number of thioether (sulfide) groups is 1. The molecule has 2 aromatic rings. The SMILES string of the molecule is CSCC[C@H](N)C(=O)O.O=C(c1ccccc1)c1ccccc1. The van der Waals surface area contributed by atoms with E-state index in [4.69, 9.17) is 10.8 Å². The summed E-state index contributed by atoms with van der Waals surface area (Å²) in [6.45, 7) is 0. The number of ketones is 1. The van der Waals surface area contributed by atoms with E-state index in [1.165, 1.54) is 0 Å². The zero-order valence-electron chi connectivity index (χ0n) is 13.0. The third-order valence-electron chi connectivity index (χ3n) is 3.02. The van der Waals surface area contributed by atoms with Gasteiger partial charge in [-0.3, -0.25) is 9.59 Å². The highest BCUT2D eigenvalue weighted by molar-refractivity contribution is 7.98. The molecule has 0 amide bonds. The van der Waals surface area contributed by atoms with Crippen molar-refractivity contribution in [2.24, 2.45) is 5.73 Å². The predicted molar refractivity (Wildman–Crippen MR) is 94.9 cm³/mol. The van der Waals surface area contributed by atoms with Crippen molar-refractivity contribution in [2.45, 2.75) is 12.5 Å². The molecule has 5 heteroatoms.